The number of carbonyl (C=O) groups excluding carboxylic acids is 1. The van der Waals surface area contributed by atoms with Crippen molar-refractivity contribution in [3.8, 4) is 5.75 Å². The van der Waals surface area contributed by atoms with Crippen molar-refractivity contribution >= 4 is 11.9 Å². The van der Waals surface area contributed by atoms with Crippen molar-refractivity contribution in [2.75, 3.05) is 19.7 Å². The van der Waals surface area contributed by atoms with Gasteiger partial charge in [-0.25, -0.2) is 4.39 Å². The minimum Gasteiger partial charge on any atom is -0.481 e. The fourth-order valence-electron chi connectivity index (χ4n) is 3.25. The molecule has 1 fully saturated rings. The molecule has 0 bridgehead atoms. The van der Waals surface area contributed by atoms with Crippen LogP contribution in [0.3, 0.4) is 0 Å². The average molecular weight is 357 g/mol. The number of aliphatic carboxylic acids is 1. The van der Waals surface area contributed by atoms with Crippen LogP contribution in [0.25, 0.3) is 0 Å². The number of hydrogen-bond acceptors (Lipinski definition) is 3. The van der Waals surface area contributed by atoms with E-state index in [1.54, 1.807) is 13.0 Å². The first-order valence-corrected chi connectivity index (χ1v) is 8.40. The molecular weight excluding hydrogens is 337 g/mol. The van der Waals surface area contributed by atoms with Gasteiger partial charge in [0.25, 0.3) is 5.91 Å². The molecule has 3 rings (SSSR count). The summed E-state index contributed by atoms with van der Waals surface area (Å²) in [7, 11) is 0. The number of rotatable bonds is 5. The van der Waals surface area contributed by atoms with Crippen molar-refractivity contribution < 1.29 is 23.8 Å². The number of benzene rings is 2. The maximum Gasteiger partial charge on any atom is 0.308 e. The van der Waals surface area contributed by atoms with Crippen LogP contribution in [0.2, 0.25) is 0 Å². The molecule has 136 valence electrons. The number of nitrogens with zero attached hydrogens (tertiary/aromatic N) is 1. The summed E-state index contributed by atoms with van der Waals surface area (Å²) in [5.41, 5.74) is 1.71. The summed E-state index contributed by atoms with van der Waals surface area (Å²) in [6.07, 6.45) is 0. The first kappa shape index (κ1) is 17.9. The van der Waals surface area contributed by atoms with Crippen LogP contribution in [0.1, 0.15) is 17.0 Å². The summed E-state index contributed by atoms with van der Waals surface area (Å²) in [5, 5.41) is 9.50. The number of likely N-dealkylation sites (tertiary alicyclic amines) is 1. The lowest BCUT2D eigenvalue weighted by Crippen LogP contribution is -2.34. The molecule has 0 aliphatic carbocycles. The summed E-state index contributed by atoms with van der Waals surface area (Å²) >= 11 is 0. The third-order valence-corrected chi connectivity index (χ3v) is 4.66. The maximum absolute atomic E-state index is 13.7. The Labute approximate surface area is 151 Å². The van der Waals surface area contributed by atoms with E-state index < -0.39 is 17.7 Å². The Morgan fingerprint density at radius 1 is 1.19 bits per heavy atom. The molecule has 0 saturated carbocycles. The Morgan fingerprint density at radius 2 is 1.92 bits per heavy atom. The van der Waals surface area contributed by atoms with Crippen LogP contribution < -0.4 is 4.74 Å². The number of carboxylic acids is 1. The second-order valence-corrected chi connectivity index (χ2v) is 6.48. The zero-order valence-corrected chi connectivity index (χ0v) is 14.4. The topological polar surface area (TPSA) is 66.8 Å². The van der Waals surface area contributed by atoms with Gasteiger partial charge in [0.05, 0.1) is 5.92 Å². The molecule has 6 heteroatoms. The van der Waals surface area contributed by atoms with E-state index in [2.05, 4.69) is 0 Å². The second kappa shape index (κ2) is 7.56. The van der Waals surface area contributed by atoms with Gasteiger partial charge in [-0.05, 0) is 30.2 Å². The highest BCUT2D eigenvalue weighted by Gasteiger charge is 2.40. The number of aryl methyl sites for hydroxylation is 1. The van der Waals surface area contributed by atoms with Gasteiger partial charge in [-0.15, -0.1) is 0 Å². The summed E-state index contributed by atoms with van der Waals surface area (Å²) in [5.74, 6) is -2.73. The van der Waals surface area contributed by atoms with Crippen molar-refractivity contribution in [3.63, 3.8) is 0 Å². The van der Waals surface area contributed by atoms with Crippen LogP contribution >= 0.6 is 0 Å². The van der Waals surface area contributed by atoms with Gasteiger partial charge in [-0.3, -0.25) is 9.59 Å². The van der Waals surface area contributed by atoms with Crippen molar-refractivity contribution in [2.45, 2.75) is 12.8 Å². The molecule has 1 N–H and O–H groups in total. The highest BCUT2D eigenvalue weighted by Crippen LogP contribution is 2.33. The smallest absolute Gasteiger partial charge is 0.308 e. The van der Waals surface area contributed by atoms with Gasteiger partial charge in [-0.2, -0.15) is 0 Å². The molecule has 2 aromatic rings. The summed E-state index contributed by atoms with van der Waals surface area (Å²) in [6, 6.07) is 13.7. The second-order valence-electron chi connectivity index (χ2n) is 6.48. The first-order valence-electron chi connectivity index (χ1n) is 8.40. The molecular formula is C20H20FNO4. The van der Waals surface area contributed by atoms with Gasteiger partial charge in [0.1, 0.15) is 0 Å². The molecule has 1 amide bonds. The fraction of sp³-hybridized carbons (Fsp3) is 0.300. The minimum atomic E-state index is -0.931. The standard InChI is InChI=1S/C20H20FNO4/c1-13-7-8-17(21)18(9-13)26-12-19(23)22-10-15(16(11-22)20(24)25)14-5-3-2-4-6-14/h2-9,15-16H,10-12H2,1H3,(H,24,25)/t15-,16-/m0/s1. The SMILES string of the molecule is Cc1ccc(F)c(OCC(=O)N2C[C@H](C(=O)O)[C@H](c3ccccc3)C2)c1. The van der Waals surface area contributed by atoms with E-state index in [0.717, 1.165) is 11.1 Å². The van der Waals surface area contributed by atoms with Gasteiger partial charge in [0, 0.05) is 19.0 Å². The fourth-order valence-corrected chi connectivity index (χ4v) is 3.25. The van der Waals surface area contributed by atoms with Crippen LogP contribution in [-0.4, -0.2) is 41.6 Å². The quantitative estimate of drug-likeness (QED) is 0.894. The van der Waals surface area contributed by atoms with Crippen LogP contribution in [-0.2, 0) is 9.59 Å². The Morgan fingerprint density at radius 3 is 2.62 bits per heavy atom. The molecule has 26 heavy (non-hydrogen) atoms. The molecule has 1 heterocycles. The van der Waals surface area contributed by atoms with Gasteiger partial charge in [0.15, 0.2) is 18.2 Å². The molecule has 1 saturated heterocycles. The van der Waals surface area contributed by atoms with Crippen LogP contribution in [0.5, 0.6) is 5.75 Å². The predicted octanol–water partition coefficient (Wildman–Crippen LogP) is 2.84. The van der Waals surface area contributed by atoms with Crippen molar-refractivity contribution in [1.82, 2.24) is 4.90 Å². The average Bonchev–Trinajstić information content (AvgIpc) is 3.09. The third-order valence-electron chi connectivity index (χ3n) is 4.66. The van der Waals surface area contributed by atoms with E-state index in [1.807, 2.05) is 30.3 Å². The van der Waals surface area contributed by atoms with Crippen molar-refractivity contribution in [2.24, 2.45) is 5.92 Å². The maximum atomic E-state index is 13.7. The number of ether oxygens (including phenoxy) is 1. The monoisotopic (exact) mass is 357 g/mol. The van der Waals surface area contributed by atoms with Gasteiger partial charge >= 0.3 is 5.97 Å². The van der Waals surface area contributed by atoms with E-state index in [4.69, 9.17) is 4.74 Å². The lowest BCUT2D eigenvalue weighted by atomic mass is 9.89. The Kier molecular flexibility index (Phi) is 5.21. The number of carboxylic acid groups (broad SMARTS) is 1. The van der Waals surface area contributed by atoms with E-state index >= 15 is 0 Å². The molecule has 0 radical (unpaired) electrons. The summed E-state index contributed by atoms with van der Waals surface area (Å²) in [6.45, 7) is 1.90. The third kappa shape index (κ3) is 3.85. The van der Waals surface area contributed by atoms with Crippen LogP contribution in [0.4, 0.5) is 4.39 Å². The normalized spacial score (nSPS) is 19.4. The number of amides is 1. The predicted molar refractivity (Wildman–Crippen MR) is 93.5 cm³/mol. The van der Waals surface area contributed by atoms with E-state index in [9.17, 15) is 19.1 Å². The van der Waals surface area contributed by atoms with E-state index in [-0.39, 0.29) is 30.7 Å². The highest BCUT2D eigenvalue weighted by atomic mass is 19.1. The van der Waals surface area contributed by atoms with Gasteiger partial charge < -0.3 is 14.7 Å². The van der Waals surface area contributed by atoms with Gasteiger partial charge in [-0.1, -0.05) is 36.4 Å². The molecule has 5 nitrogen and oxygen atoms in total. The molecule has 2 aromatic carbocycles. The Hall–Kier alpha value is -2.89. The molecule has 2 atom stereocenters. The van der Waals surface area contributed by atoms with Crippen LogP contribution in [0.15, 0.2) is 48.5 Å². The number of halogens is 1. The zero-order chi connectivity index (χ0) is 18.7. The first-order chi connectivity index (χ1) is 12.5. The molecule has 1 aliphatic rings. The minimum absolute atomic E-state index is 0.0203. The molecule has 1 aliphatic heterocycles. The summed E-state index contributed by atoms with van der Waals surface area (Å²) in [4.78, 5) is 25.5. The van der Waals surface area contributed by atoms with Crippen molar-refractivity contribution in [1.29, 1.82) is 0 Å². The Balaban J connectivity index is 1.68. The van der Waals surface area contributed by atoms with E-state index in [0.29, 0.717) is 6.54 Å². The summed E-state index contributed by atoms with van der Waals surface area (Å²) < 4.78 is 19.0. The zero-order valence-electron chi connectivity index (χ0n) is 14.4. The van der Waals surface area contributed by atoms with Crippen molar-refractivity contribution in [3.05, 3.63) is 65.5 Å². The van der Waals surface area contributed by atoms with Crippen LogP contribution in [0, 0.1) is 18.7 Å². The van der Waals surface area contributed by atoms with E-state index in [1.165, 1.54) is 17.0 Å². The molecule has 0 aromatic heterocycles. The number of hydrogen-bond donors (Lipinski definition) is 1. The van der Waals surface area contributed by atoms with Gasteiger partial charge in [0.2, 0.25) is 0 Å². The molecule has 0 unspecified atom stereocenters. The largest absolute Gasteiger partial charge is 0.481 e. The lowest BCUT2D eigenvalue weighted by Gasteiger charge is -2.17. The highest BCUT2D eigenvalue weighted by molar-refractivity contribution is 5.80. The Bertz CT molecular complexity index is 809. The lowest BCUT2D eigenvalue weighted by molar-refractivity contribution is -0.142. The number of carbonyl (C=O) groups is 2. The molecule has 0 spiro atoms.